The van der Waals surface area contributed by atoms with Crippen molar-refractivity contribution in [3.63, 3.8) is 0 Å². The van der Waals surface area contributed by atoms with E-state index < -0.39 is 10.0 Å². The summed E-state index contributed by atoms with van der Waals surface area (Å²) in [4.78, 5) is 2.27. The lowest BCUT2D eigenvalue weighted by Crippen LogP contribution is -2.23. The van der Waals surface area contributed by atoms with E-state index in [1.165, 1.54) is 28.5 Å². The van der Waals surface area contributed by atoms with Crippen molar-refractivity contribution in [1.82, 2.24) is 4.90 Å². The number of sulfonamides is 1. The van der Waals surface area contributed by atoms with Gasteiger partial charge in [0.15, 0.2) is 0 Å². The largest absolute Gasteiger partial charge is 0.492 e. The molecule has 0 bridgehead atoms. The van der Waals surface area contributed by atoms with Crippen LogP contribution in [0, 0.1) is 0 Å². The molecule has 26 heavy (non-hydrogen) atoms. The quantitative estimate of drug-likeness (QED) is 0.694. The van der Waals surface area contributed by atoms with Gasteiger partial charge >= 0.3 is 0 Å². The van der Waals surface area contributed by atoms with E-state index in [9.17, 15) is 8.42 Å². The number of nitrogens with zero attached hydrogens (tertiary/aromatic N) is 1. The monoisotopic (exact) mass is 370 g/mol. The minimum Gasteiger partial charge on any atom is -0.492 e. The molecule has 3 rings (SSSR count). The van der Waals surface area contributed by atoms with Crippen molar-refractivity contribution in [3.05, 3.63) is 72.3 Å². The number of hydrogen-bond acceptors (Lipinski definition) is 4. The second-order valence-electron chi connectivity index (χ2n) is 6.28. The highest BCUT2D eigenvalue weighted by Crippen LogP contribution is 2.17. The predicted molar refractivity (Wildman–Crippen MR) is 104 cm³/mol. The Kier molecular flexibility index (Phi) is 5.56. The van der Waals surface area contributed by atoms with Crippen molar-refractivity contribution in [1.29, 1.82) is 0 Å². The fraction of sp³-hybridized carbons (Fsp3) is 0.200. The number of rotatable bonds is 7. The number of benzene rings is 3. The van der Waals surface area contributed by atoms with Gasteiger partial charge in [-0.05, 0) is 53.7 Å². The molecule has 3 aromatic carbocycles. The number of ether oxygens (including phenoxy) is 1. The summed E-state index contributed by atoms with van der Waals surface area (Å²) in [6, 6.07) is 20.9. The first-order valence-corrected chi connectivity index (χ1v) is 9.88. The number of likely N-dealkylation sites (N-methyl/N-ethyl adjacent to an activating group) is 1. The summed E-state index contributed by atoms with van der Waals surface area (Å²) in [5.41, 5.74) is 1.25. The Morgan fingerprint density at radius 3 is 2.35 bits per heavy atom. The van der Waals surface area contributed by atoms with Gasteiger partial charge < -0.3 is 4.74 Å². The molecule has 0 heterocycles. The molecular weight excluding hydrogens is 348 g/mol. The van der Waals surface area contributed by atoms with Gasteiger partial charge in [-0.15, -0.1) is 0 Å². The predicted octanol–water partition coefficient (Wildman–Crippen LogP) is 3.00. The van der Waals surface area contributed by atoms with Gasteiger partial charge in [0.25, 0.3) is 0 Å². The lowest BCUT2D eigenvalue weighted by Gasteiger charge is -2.17. The summed E-state index contributed by atoms with van der Waals surface area (Å²) < 4.78 is 28.1. The van der Waals surface area contributed by atoms with E-state index >= 15 is 0 Å². The summed E-state index contributed by atoms with van der Waals surface area (Å²) in [5.74, 6) is 0.622. The van der Waals surface area contributed by atoms with Crippen LogP contribution in [0.5, 0.6) is 5.75 Å². The number of primary sulfonamides is 1. The van der Waals surface area contributed by atoms with Crippen LogP contribution < -0.4 is 9.88 Å². The molecule has 0 aliphatic rings. The minimum atomic E-state index is -3.67. The number of fused-ring (bicyclic) bond motifs is 1. The Morgan fingerprint density at radius 2 is 1.65 bits per heavy atom. The third-order valence-corrected chi connectivity index (χ3v) is 5.09. The van der Waals surface area contributed by atoms with Crippen LogP contribution in [0.2, 0.25) is 0 Å². The van der Waals surface area contributed by atoms with Crippen molar-refractivity contribution in [2.24, 2.45) is 5.14 Å². The first-order chi connectivity index (χ1) is 12.4. The second kappa shape index (κ2) is 7.86. The van der Waals surface area contributed by atoms with Crippen LogP contribution in [0.15, 0.2) is 71.6 Å². The van der Waals surface area contributed by atoms with E-state index in [0.717, 1.165) is 13.1 Å². The van der Waals surface area contributed by atoms with Gasteiger partial charge in [0.05, 0.1) is 4.90 Å². The second-order valence-corrected chi connectivity index (χ2v) is 7.85. The first kappa shape index (κ1) is 18.4. The van der Waals surface area contributed by atoms with Crippen molar-refractivity contribution in [2.75, 3.05) is 20.2 Å². The van der Waals surface area contributed by atoms with Gasteiger partial charge in [0.2, 0.25) is 10.0 Å². The van der Waals surface area contributed by atoms with Crippen molar-refractivity contribution >= 4 is 20.8 Å². The van der Waals surface area contributed by atoms with E-state index in [4.69, 9.17) is 9.88 Å². The molecule has 6 heteroatoms. The summed E-state index contributed by atoms with van der Waals surface area (Å²) >= 11 is 0. The summed E-state index contributed by atoms with van der Waals surface area (Å²) in [5, 5.41) is 7.56. The van der Waals surface area contributed by atoms with Gasteiger partial charge in [0, 0.05) is 13.1 Å². The van der Waals surface area contributed by atoms with Crippen molar-refractivity contribution < 1.29 is 13.2 Å². The number of hydrogen-bond donors (Lipinski definition) is 1. The average Bonchev–Trinajstić information content (AvgIpc) is 2.61. The molecule has 5 nitrogen and oxygen atoms in total. The normalized spacial score (nSPS) is 11.8. The van der Waals surface area contributed by atoms with Crippen LogP contribution in [0.3, 0.4) is 0 Å². The molecule has 0 unspecified atom stereocenters. The lowest BCUT2D eigenvalue weighted by atomic mass is 10.1. The summed E-state index contributed by atoms with van der Waals surface area (Å²) in [7, 11) is -1.62. The standard InChI is InChI=1S/C20H22N2O3S/c1-22(15-16-6-7-17-4-2-3-5-18(17)14-16)12-13-25-19-8-10-20(11-9-19)26(21,23)24/h2-11,14H,12-13,15H2,1H3,(H2,21,23,24). The molecule has 0 saturated carbocycles. The van der Waals surface area contributed by atoms with Gasteiger partial charge in [-0.2, -0.15) is 0 Å². The maximum absolute atomic E-state index is 11.2. The maximum Gasteiger partial charge on any atom is 0.238 e. The molecule has 0 atom stereocenters. The molecule has 0 aliphatic carbocycles. The maximum atomic E-state index is 11.2. The Balaban J connectivity index is 1.51. The Morgan fingerprint density at radius 1 is 0.962 bits per heavy atom. The zero-order valence-electron chi connectivity index (χ0n) is 14.6. The third-order valence-electron chi connectivity index (χ3n) is 4.16. The highest BCUT2D eigenvalue weighted by molar-refractivity contribution is 7.89. The summed E-state index contributed by atoms with van der Waals surface area (Å²) in [6.45, 7) is 2.10. The highest BCUT2D eigenvalue weighted by Gasteiger charge is 2.07. The van der Waals surface area contributed by atoms with E-state index in [1.54, 1.807) is 12.1 Å². The van der Waals surface area contributed by atoms with E-state index in [0.29, 0.717) is 12.4 Å². The topological polar surface area (TPSA) is 72.6 Å². The molecule has 0 aromatic heterocycles. The van der Waals surface area contributed by atoms with E-state index in [2.05, 4.69) is 35.2 Å². The Bertz CT molecular complexity index is 985. The molecule has 0 fully saturated rings. The van der Waals surface area contributed by atoms with Crippen LogP contribution >= 0.6 is 0 Å². The van der Waals surface area contributed by atoms with Gasteiger partial charge in [-0.3, -0.25) is 4.90 Å². The molecule has 136 valence electrons. The molecule has 2 N–H and O–H groups in total. The zero-order chi connectivity index (χ0) is 18.6. The first-order valence-electron chi connectivity index (χ1n) is 8.34. The minimum absolute atomic E-state index is 0.0817. The van der Waals surface area contributed by atoms with Crippen molar-refractivity contribution in [2.45, 2.75) is 11.4 Å². The van der Waals surface area contributed by atoms with Crippen LogP contribution in [0.25, 0.3) is 10.8 Å². The smallest absolute Gasteiger partial charge is 0.238 e. The van der Waals surface area contributed by atoms with Gasteiger partial charge in [-0.25, -0.2) is 13.6 Å². The molecule has 0 radical (unpaired) electrons. The van der Waals surface area contributed by atoms with E-state index in [1.807, 2.05) is 19.2 Å². The third kappa shape index (κ3) is 4.82. The van der Waals surface area contributed by atoms with Crippen LogP contribution in [-0.2, 0) is 16.6 Å². The molecular formula is C20H22N2O3S. The fourth-order valence-corrected chi connectivity index (χ4v) is 3.29. The molecule has 0 saturated heterocycles. The van der Waals surface area contributed by atoms with Gasteiger partial charge in [0.1, 0.15) is 12.4 Å². The Labute approximate surface area is 154 Å². The zero-order valence-corrected chi connectivity index (χ0v) is 15.4. The SMILES string of the molecule is CN(CCOc1ccc(S(N)(=O)=O)cc1)Cc1ccc2ccccc2c1. The van der Waals surface area contributed by atoms with Crippen LogP contribution in [0.1, 0.15) is 5.56 Å². The van der Waals surface area contributed by atoms with Crippen LogP contribution in [-0.4, -0.2) is 33.5 Å². The van der Waals surface area contributed by atoms with Gasteiger partial charge in [-0.1, -0.05) is 36.4 Å². The van der Waals surface area contributed by atoms with E-state index in [-0.39, 0.29) is 4.90 Å². The molecule has 0 aliphatic heterocycles. The molecule has 0 spiro atoms. The Hall–Kier alpha value is -2.41. The molecule has 3 aromatic rings. The van der Waals surface area contributed by atoms with Crippen LogP contribution in [0.4, 0.5) is 0 Å². The average molecular weight is 370 g/mol. The molecule has 0 amide bonds. The summed E-state index contributed by atoms with van der Waals surface area (Å²) in [6.07, 6.45) is 0. The lowest BCUT2D eigenvalue weighted by molar-refractivity contribution is 0.233. The number of nitrogens with two attached hydrogens (primary N) is 1. The fourth-order valence-electron chi connectivity index (χ4n) is 2.77. The highest BCUT2D eigenvalue weighted by atomic mass is 32.2. The van der Waals surface area contributed by atoms with Crippen molar-refractivity contribution in [3.8, 4) is 5.75 Å².